The van der Waals surface area contributed by atoms with Gasteiger partial charge in [-0.2, -0.15) is 0 Å². The maximum atomic E-state index is 6.75. The van der Waals surface area contributed by atoms with Gasteiger partial charge in [0.1, 0.15) is 11.2 Å². The maximum Gasteiger partial charge on any atom is 0.145 e. The number of nitrogens with zero attached hydrogens (tertiary/aromatic N) is 2. The van der Waals surface area contributed by atoms with Crippen molar-refractivity contribution in [1.29, 1.82) is 0 Å². The highest BCUT2D eigenvalue weighted by Gasteiger charge is 2.23. The number of fused-ring (bicyclic) bond motifs is 11. The molecule has 0 saturated heterocycles. The highest BCUT2D eigenvalue weighted by Crippen LogP contribution is 2.46. The molecule has 0 atom stereocenters. The topological polar surface area (TPSA) is 23.0 Å². The SMILES string of the molecule is c1ccc(-n2c3ccccc3c3ccc(-c4cc5c6ccccc6oc5c5c6ccccc6n(-c6ccc7ccccc7c6)c45)cc32)cc1. The average molecular weight is 625 g/mol. The molecule has 0 aliphatic rings. The molecule has 11 rings (SSSR count). The summed E-state index contributed by atoms with van der Waals surface area (Å²) < 4.78 is 11.6. The third kappa shape index (κ3) is 3.73. The van der Waals surface area contributed by atoms with Crippen molar-refractivity contribution in [2.45, 2.75) is 0 Å². The second-order valence-corrected chi connectivity index (χ2v) is 12.9. The van der Waals surface area contributed by atoms with Crippen molar-refractivity contribution in [1.82, 2.24) is 9.13 Å². The fourth-order valence-corrected chi connectivity index (χ4v) is 8.13. The third-order valence-electron chi connectivity index (χ3n) is 10.3. The molecule has 0 aliphatic carbocycles. The van der Waals surface area contributed by atoms with Crippen LogP contribution in [0.25, 0.3) is 98.8 Å². The van der Waals surface area contributed by atoms with Crippen molar-refractivity contribution in [3.63, 3.8) is 0 Å². The van der Waals surface area contributed by atoms with Gasteiger partial charge in [0, 0.05) is 43.9 Å². The van der Waals surface area contributed by atoms with Gasteiger partial charge in [-0.1, -0.05) is 115 Å². The summed E-state index contributed by atoms with van der Waals surface area (Å²) in [5.74, 6) is 0. The van der Waals surface area contributed by atoms with Crippen molar-refractivity contribution in [2.75, 3.05) is 0 Å². The van der Waals surface area contributed by atoms with Crippen molar-refractivity contribution in [3.05, 3.63) is 170 Å². The highest BCUT2D eigenvalue weighted by molar-refractivity contribution is 6.27. The number of benzene rings is 8. The molecule has 0 radical (unpaired) electrons. The second kappa shape index (κ2) is 9.96. The Hall–Kier alpha value is -6.58. The van der Waals surface area contributed by atoms with Gasteiger partial charge in [-0.3, -0.25) is 0 Å². The summed E-state index contributed by atoms with van der Waals surface area (Å²) in [6, 6.07) is 61.3. The predicted molar refractivity (Wildman–Crippen MR) is 205 cm³/mol. The molecule has 0 fully saturated rings. The van der Waals surface area contributed by atoms with E-state index in [1.165, 1.54) is 43.5 Å². The molecule has 0 aliphatic heterocycles. The number of hydrogen-bond donors (Lipinski definition) is 0. The van der Waals surface area contributed by atoms with Crippen LogP contribution >= 0.6 is 0 Å². The monoisotopic (exact) mass is 624 g/mol. The summed E-state index contributed by atoms with van der Waals surface area (Å²) >= 11 is 0. The molecule has 0 N–H and O–H groups in total. The smallest absolute Gasteiger partial charge is 0.145 e. The molecule has 49 heavy (non-hydrogen) atoms. The van der Waals surface area contributed by atoms with Crippen LogP contribution in [0.1, 0.15) is 0 Å². The van der Waals surface area contributed by atoms with Crippen LogP contribution in [0.15, 0.2) is 174 Å². The summed E-state index contributed by atoms with van der Waals surface area (Å²) in [5.41, 5.74) is 11.1. The minimum atomic E-state index is 0.901. The van der Waals surface area contributed by atoms with E-state index >= 15 is 0 Å². The van der Waals surface area contributed by atoms with E-state index in [9.17, 15) is 0 Å². The van der Waals surface area contributed by atoms with Crippen LogP contribution in [-0.2, 0) is 0 Å². The molecule has 0 saturated carbocycles. The molecule has 3 heterocycles. The molecular formula is C46H28N2O. The molecule has 0 amide bonds. The average Bonchev–Trinajstić information content (AvgIpc) is 3.82. The Morgan fingerprint density at radius 3 is 1.92 bits per heavy atom. The lowest BCUT2D eigenvalue weighted by Gasteiger charge is -2.14. The largest absolute Gasteiger partial charge is 0.455 e. The van der Waals surface area contributed by atoms with Crippen LogP contribution in [0.3, 0.4) is 0 Å². The maximum absolute atomic E-state index is 6.75. The van der Waals surface area contributed by atoms with E-state index < -0.39 is 0 Å². The van der Waals surface area contributed by atoms with Gasteiger partial charge in [0.2, 0.25) is 0 Å². The number of hydrogen-bond acceptors (Lipinski definition) is 1. The molecule has 3 heteroatoms. The van der Waals surface area contributed by atoms with E-state index in [0.717, 1.165) is 55.3 Å². The quantitative estimate of drug-likeness (QED) is 0.192. The summed E-state index contributed by atoms with van der Waals surface area (Å²) in [5, 5.41) is 9.50. The van der Waals surface area contributed by atoms with Crippen LogP contribution in [0.5, 0.6) is 0 Å². The van der Waals surface area contributed by atoms with E-state index in [2.05, 4.69) is 179 Å². The van der Waals surface area contributed by atoms with E-state index in [1.807, 2.05) is 0 Å². The van der Waals surface area contributed by atoms with Gasteiger partial charge < -0.3 is 13.6 Å². The minimum Gasteiger partial charge on any atom is -0.455 e. The third-order valence-corrected chi connectivity index (χ3v) is 10.3. The molecule has 228 valence electrons. The zero-order valence-electron chi connectivity index (χ0n) is 26.5. The zero-order chi connectivity index (χ0) is 32.1. The molecule has 11 aromatic rings. The zero-order valence-corrected chi connectivity index (χ0v) is 26.5. The standard InChI is InChI=1S/C46H28N2O/c1-2-14-32(15-3-1)47-40-19-9-6-16-34(40)35-25-23-31(27-42(35)47)38-28-39-36-17-8-11-21-43(36)49-46(39)44-37-18-7-10-20-41(37)48(45(38)44)33-24-22-29-12-4-5-13-30(29)26-33/h1-28H. The van der Waals surface area contributed by atoms with Crippen LogP contribution in [-0.4, -0.2) is 9.13 Å². The second-order valence-electron chi connectivity index (χ2n) is 12.9. The molecular weight excluding hydrogens is 597 g/mol. The lowest BCUT2D eigenvalue weighted by molar-refractivity contribution is 0.673. The lowest BCUT2D eigenvalue weighted by Crippen LogP contribution is -1.96. The molecule has 3 nitrogen and oxygen atoms in total. The predicted octanol–water partition coefficient (Wildman–Crippen LogP) is 12.6. The molecule has 0 spiro atoms. The molecule has 0 unspecified atom stereocenters. The lowest BCUT2D eigenvalue weighted by atomic mass is 9.97. The minimum absolute atomic E-state index is 0.901. The van der Waals surface area contributed by atoms with Crippen LogP contribution in [0.2, 0.25) is 0 Å². The van der Waals surface area contributed by atoms with E-state index in [1.54, 1.807) is 0 Å². The first-order valence-corrected chi connectivity index (χ1v) is 16.8. The number of rotatable bonds is 3. The van der Waals surface area contributed by atoms with Crippen molar-refractivity contribution >= 4 is 76.3 Å². The Balaban J connectivity index is 1.32. The van der Waals surface area contributed by atoms with E-state index in [-0.39, 0.29) is 0 Å². The fraction of sp³-hybridized carbons (Fsp3) is 0. The van der Waals surface area contributed by atoms with Crippen LogP contribution < -0.4 is 0 Å². The first kappa shape index (κ1) is 26.5. The summed E-state index contributed by atoms with van der Waals surface area (Å²) in [7, 11) is 0. The molecule has 0 bridgehead atoms. The van der Waals surface area contributed by atoms with Crippen LogP contribution in [0, 0.1) is 0 Å². The molecule has 8 aromatic carbocycles. The van der Waals surface area contributed by atoms with Gasteiger partial charge >= 0.3 is 0 Å². The van der Waals surface area contributed by atoms with Gasteiger partial charge in [0.15, 0.2) is 0 Å². The molecule has 3 aromatic heterocycles. The summed E-state index contributed by atoms with van der Waals surface area (Å²) in [6.45, 7) is 0. The Morgan fingerprint density at radius 1 is 0.388 bits per heavy atom. The van der Waals surface area contributed by atoms with Crippen LogP contribution in [0.4, 0.5) is 0 Å². The van der Waals surface area contributed by atoms with Gasteiger partial charge in [-0.25, -0.2) is 0 Å². The van der Waals surface area contributed by atoms with E-state index in [4.69, 9.17) is 4.42 Å². The van der Waals surface area contributed by atoms with Gasteiger partial charge in [-0.15, -0.1) is 0 Å². The van der Waals surface area contributed by atoms with E-state index in [0.29, 0.717) is 0 Å². The number of furan rings is 1. The number of aromatic nitrogens is 2. The Kier molecular flexibility index (Phi) is 5.38. The van der Waals surface area contributed by atoms with Gasteiger partial charge in [0.05, 0.1) is 27.5 Å². The highest BCUT2D eigenvalue weighted by atomic mass is 16.3. The normalized spacial score (nSPS) is 12.1. The first-order valence-electron chi connectivity index (χ1n) is 16.8. The van der Waals surface area contributed by atoms with Crippen molar-refractivity contribution in [3.8, 4) is 22.5 Å². The van der Waals surface area contributed by atoms with Crippen molar-refractivity contribution < 1.29 is 4.42 Å². The fourth-order valence-electron chi connectivity index (χ4n) is 8.13. The van der Waals surface area contributed by atoms with Gasteiger partial charge in [-0.05, 0) is 70.9 Å². The Morgan fingerprint density at radius 2 is 1.06 bits per heavy atom. The van der Waals surface area contributed by atoms with Crippen molar-refractivity contribution in [2.24, 2.45) is 0 Å². The number of para-hydroxylation sites is 4. The Bertz CT molecular complexity index is 3100. The summed E-state index contributed by atoms with van der Waals surface area (Å²) in [6.07, 6.45) is 0. The van der Waals surface area contributed by atoms with Gasteiger partial charge in [0.25, 0.3) is 0 Å². The first-order chi connectivity index (χ1) is 24.3. The summed E-state index contributed by atoms with van der Waals surface area (Å²) in [4.78, 5) is 0. The Labute approximate surface area is 281 Å².